The summed E-state index contributed by atoms with van der Waals surface area (Å²) in [4.78, 5) is 42.5. The second-order valence-corrected chi connectivity index (χ2v) is 7.22. The van der Waals surface area contributed by atoms with Crippen LogP contribution in [0.4, 0.5) is 11.4 Å². The lowest BCUT2D eigenvalue weighted by Crippen LogP contribution is -2.18. The van der Waals surface area contributed by atoms with Crippen molar-refractivity contribution in [2.75, 3.05) is 12.4 Å². The maximum atomic E-state index is 12.3. The Morgan fingerprint density at radius 2 is 1.81 bits per heavy atom. The predicted molar refractivity (Wildman–Crippen MR) is 122 cm³/mol. The number of rotatable bonds is 8. The highest BCUT2D eigenvalue weighted by Crippen LogP contribution is 2.32. The molecule has 0 fully saturated rings. The van der Waals surface area contributed by atoms with Gasteiger partial charge in [-0.25, -0.2) is 0 Å². The molecule has 2 rings (SSSR count). The SMILES string of the molecule is CONC(=CC(=O)N=C(N)Cc1cc(Cl)c(NC(C)=O)c(Cl)c1)c1ccc([N+](=O)[O-])cc1. The molecule has 0 atom stereocenters. The molecule has 0 spiro atoms. The lowest BCUT2D eigenvalue weighted by atomic mass is 10.1. The summed E-state index contributed by atoms with van der Waals surface area (Å²) < 4.78 is 0. The quantitative estimate of drug-likeness (QED) is 0.172. The van der Waals surface area contributed by atoms with Gasteiger partial charge in [-0.05, 0) is 29.8 Å². The van der Waals surface area contributed by atoms with Crippen molar-refractivity contribution in [3.05, 3.63) is 73.8 Å². The van der Waals surface area contributed by atoms with E-state index in [2.05, 4.69) is 15.8 Å². The second-order valence-electron chi connectivity index (χ2n) is 6.40. The standard InChI is InChI=1S/C20H19Cl2N5O5/c1-11(28)24-20-15(21)7-12(8-16(20)22)9-18(23)25-19(29)10-17(26-32-2)13-3-5-14(6-4-13)27(30)31/h3-8,10,26H,9H2,1-2H3,(H,24,28)(H2,23,25,29). The maximum Gasteiger partial charge on any atom is 0.273 e. The Morgan fingerprint density at radius 3 is 2.31 bits per heavy atom. The first-order chi connectivity index (χ1) is 15.1. The van der Waals surface area contributed by atoms with Crippen LogP contribution in [0.3, 0.4) is 0 Å². The summed E-state index contributed by atoms with van der Waals surface area (Å²) >= 11 is 12.3. The van der Waals surface area contributed by atoms with Gasteiger partial charge >= 0.3 is 0 Å². The summed E-state index contributed by atoms with van der Waals surface area (Å²) in [5, 5.41) is 13.8. The Bertz CT molecular complexity index is 1080. The monoisotopic (exact) mass is 479 g/mol. The van der Waals surface area contributed by atoms with Crippen LogP contribution in [-0.2, 0) is 20.8 Å². The largest absolute Gasteiger partial charge is 0.387 e. The molecule has 0 aromatic heterocycles. The molecule has 2 aromatic rings. The molecule has 0 heterocycles. The van der Waals surface area contributed by atoms with Crippen LogP contribution in [0.5, 0.6) is 0 Å². The Morgan fingerprint density at radius 1 is 1.22 bits per heavy atom. The van der Waals surface area contributed by atoms with E-state index in [4.69, 9.17) is 33.8 Å². The van der Waals surface area contributed by atoms with Crippen LogP contribution in [-0.4, -0.2) is 29.7 Å². The van der Waals surface area contributed by atoms with E-state index < -0.39 is 10.8 Å². The van der Waals surface area contributed by atoms with Crippen molar-refractivity contribution in [3.8, 4) is 0 Å². The number of nitro benzene ring substituents is 1. The third-order valence-electron chi connectivity index (χ3n) is 3.91. The lowest BCUT2D eigenvalue weighted by Gasteiger charge is -2.10. The van der Waals surface area contributed by atoms with Crippen molar-refractivity contribution >= 4 is 57.9 Å². The average molecular weight is 480 g/mol. The third-order valence-corrected chi connectivity index (χ3v) is 4.51. The van der Waals surface area contributed by atoms with E-state index >= 15 is 0 Å². The number of nitrogens with two attached hydrogens (primary N) is 1. The first kappa shape index (κ1) is 24.8. The number of non-ortho nitro benzene ring substituents is 1. The van der Waals surface area contributed by atoms with Crippen molar-refractivity contribution in [1.29, 1.82) is 0 Å². The zero-order chi connectivity index (χ0) is 23.8. The molecule has 0 saturated carbocycles. The highest BCUT2D eigenvalue weighted by atomic mass is 35.5. The number of nitrogens with zero attached hydrogens (tertiary/aromatic N) is 2. The van der Waals surface area contributed by atoms with Crippen molar-refractivity contribution in [2.45, 2.75) is 13.3 Å². The Hall–Kier alpha value is -3.47. The number of hydroxylamine groups is 1. The molecule has 2 aromatic carbocycles. The molecule has 32 heavy (non-hydrogen) atoms. The number of benzene rings is 2. The van der Waals surface area contributed by atoms with Crippen LogP contribution in [0, 0.1) is 10.1 Å². The van der Waals surface area contributed by atoms with Gasteiger partial charge in [-0.15, -0.1) is 0 Å². The van der Waals surface area contributed by atoms with E-state index in [9.17, 15) is 19.7 Å². The fourth-order valence-electron chi connectivity index (χ4n) is 2.61. The van der Waals surface area contributed by atoms with Crippen LogP contribution in [0.25, 0.3) is 5.70 Å². The zero-order valence-electron chi connectivity index (χ0n) is 17.0. The molecule has 10 nitrogen and oxygen atoms in total. The molecule has 0 aliphatic rings. The first-order valence-corrected chi connectivity index (χ1v) is 9.74. The number of amides is 2. The first-order valence-electron chi connectivity index (χ1n) is 8.98. The maximum absolute atomic E-state index is 12.3. The van der Waals surface area contributed by atoms with E-state index in [0.717, 1.165) is 6.08 Å². The number of anilines is 1. The van der Waals surface area contributed by atoms with E-state index in [-0.39, 0.29) is 45.3 Å². The van der Waals surface area contributed by atoms with Gasteiger partial charge in [0.1, 0.15) is 5.84 Å². The molecule has 0 radical (unpaired) electrons. The van der Waals surface area contributed by atoms with Crippen molar-refractivity contribution in [3.63, 3.8) is 0 Å². The van der Waals surface area contributed by atoms with E-state index in [1.807, 2.05) is 0 Å². The average Bonchev–Trinajstić information content (AvgIpc) is 2.70. The molecule has 0 aliphatic carbocycles. The minimum absolute atomic E-state index is 0.00822. The molecule has 0 aliphatic heterocycles. The number of nitrogens with one attached hydrogen (secondary N) is 2. The number of halogens is 2. The molecule has 0 saturated heterocycles. The minimum atomic E-state index is -0.688. The summed E-state index contributed by atoms with van der Waals surface area (Å²) in [5.74, 6) is -1.02. The number of amidine groups is 1. The smallest absolute Gasteiger partial charge is 0.273 e. The number of aliphatic imine (C=N–C) groups is 1. The number of carbonyl (C=O) groups excluding carboxylic acids is 2. The van der Waals surface area contributed by atoms with Crippen LogP contribution in [0.1, 0.15) is 18.1 Å². The van der Waals surface area contributed by atoms with Crippen LogP contribution >= 0.6 is 23.2 Å². The van der Waals surface area contributed by atoms with Crippen molar-refractivity contribution in [2.24, 2.45) is 10.7 Å². The molecule has 0 unspecified atom stereocenters. The van der Waals surface area contributed by atoms with Gasteiger partial charge in [-0.2, -0.15) is 4.99 Å². The fraction of sp³-hybridized carbons (Fsp3) is 0.150. The van der Waals surface area contributed by atoms with Gasteiger partial charge in [-0.3, -0.25) is 30.0 Å². The topological polar surface area (TPSA) is 149 Å². The van der Waals surface area contributed by atoms with Gasteiger partial charge in [0.05, 0.1) is 33.5 Å². The zero-order valence-corrected chi connectivity index (χ0v) is 18.5. The van der Waals surface area contributed by atoms with Gasteiger partial charge < -0.3 is 11.1 Å². The predicted octanol–water partition coefficient (Wildman–Crippen LogP) is 3.48. The Kier molecular flexibility index (Phi) is 8.71. The Balaban J connectivity index is 2.20. The van der Waals surface area contributed by atoms with Gasteiger partial charge in [0.15, 0.2) is 0 Å². The molecular weight excluding hydrogens is 461 g/mol. The van der Waals surface area contributed by atoms with Gasteiger partial charge in [0, 0.05) is 37.1 Å². The fourth-order valence-corrected chi connectivity index (χ4v) is 3.24. The van der Waals surface area contributed by atoms with Gasteiger partial charge in [-0.1, -0.05) is 23.2 Å². The summed E-state index contributed by atoms with van der Waals surface area (Å²) in [5.41, 5.74) is 9.87. The molecule has 0 bridgehead atoms. The van der Waals surface area contributed by atoms with Crippen LogP contribution in [0.15, 0.2) is 47.5 Å². The second kappa shape index (κ2) is 11.2. The molecule has 2 amide bonds. The van der Waals surface area contributed by atoms with Gasteiger partial charge in [0.25, 0.3) is 11.6 Å². The van der Waals surface area contributed by atoms with E-state index in [1.54, 1.807) is 12.1 Å². The van der Waals surface area contributed by atoms with Crippen LogP contribution in [0.2, 0.25) is 10.0 Å². The van der Waals surface area contributed by atoms with E-state index in [0.29, 0.717) is 11.1 Å². The summed E-state index contributed by atoms with van der Waals surface area (Å²) in [6, 6.07) is 8.60. The summed E-state index contributed by atoms with van der Waals surface area (Å²) in [6.07, 6.45) is 1.21. The van der Waals surface area contributed by atoms with Crippen LogP contribution < -0.4 is 16.5 Å². The van der Waals surface area contributed by atoms with E-state index in [1.165, 1.54) is 38.3 Å². The highest BCUT2D eigenvalue weighted by Gasteiger charge is 2.12. The summed E-state index contributed by atoms with van der Waals surface area (Å²) in [6.45, 7) is 1.33. The lowest BCUT2D eigenvalue weighted by molar-refractivity contribution is -0.384. The third kappa shape index (κ3) is 7.05. The Labute approximate surface area is 193 Å². The van der Waals surface area contributed by atoms with Gasteiger partial charge in [0.2, 0.25) is 5.91 Å². The highest BCUT2D eigenvalue weighted by molar-refractivity contribution is 6.39. The van der Waals surface area contributed by atoms with Crippen molar-refractivity contribution in [1.82, 2.24) is 5.48 Å². The number of hydrogen-bond acceptors (Lipinski definition) is 6. The number of carbonyl (C=O) groups is 2. The normalized spacial score (nSPS) is 11.8. The van der Waals surface area contributed by atoms with Crippen molar-refractivity contribution < 1.29 is 19.3 Å². The minimum Gasteiger partial charge on any atom is -0.387 e. The molecular formula is C20H19Cl2N5O5. The number of nitro groups is 1. The molecule has 4 N–H and O–H groups in total. The number of hydrogen-bond donors (Lipinski definition) is 3. The molecule has 168 valence electrons. The summed E-state index contributed by atoms with van der Waals surface area (Å²) in [7, 11) is 1.35. The molecule has 12 heteroatoms.